The summed E-state index contributed by atoms with van der Waals surface area (Å²) >= 11 is 0. The Bertz CT molecular complexity index is 1610. The van der Waals surface area contributed by atoms with Crippen molar-refractivity contribution < 1.29 is 4.79 Å². The van der Waals surface area contributed by atoms with Gasteiger partial charge in [0.1, 0.15) is 0 Å². The van der Waals surface area contributed by atoms with Gasteiger partial charge in [0.05, 0.1) is 22.3 Å². The minimum atomic E-state index is -0.103. The van der Waals surface area contributed by atoms with Gasteiger partial charge in [-0.15, -0.1) is 0 Å². The van der Waals surface area contributed by atoms with E-state index < -0.39 is 0 Å². The molecule has 0 fully saturated rings. The van der Waals surface area contributed by atoms with Crippen LogP contribution in [0.5, 0.6) is 0 Å². The first-order valence-electron chi connectivity index (χ1n) is 11.0. The third-order valence-corrected chi connectivity index (χ3v) is 6.34. The maximum absolute atomic E-state index is 13.3. The molecule has 0 unspecified atom stereocenters. The molecule has 0 saturated carbocycles. The lowest BCUT2D eigenvalue weighted by Crippen LogP contribution is -2.01. The quantitative estimate of drug-likeness (QED) is 0.258. The van der Waals surface area contributed by atoms with Crippen molar-refractivity contribution in [3.63, 3.8) is 0 Å². The number of hydrogen-bond donors (Lipinski definition) is 3. The smallest absolute Gasteiger partial charge is 0.214 e. The fourth-order valence-electron chi connectivity index (χ4n) is 4.47. The molecule has 4 N–H and O–H groups in total. The summed E-state index contributed by atoms with van der Waals surface area (Å²) in [4.78, 5) is 21.3. The van der Waals surface area contributed by atoms with E-state index in [0.29, 0.717) is 22.6 Å². The number of carbonyl (C=O) groups is 1. The second kappa shape index (κ2) is 7.38. The molecule has 0 aliphatic rings. The van der Waals surface area contributed by atoms with Crippen LogP contribution in [0.1, 0.15) is 32.7 Å². The Hall–Kier alpha value is -4.32. The minimum absolute atomic E-state index is 0.103. The number of nitrogen functional groups attached to an aromatic ring is 1. The van der Waals surface area contributed by atoms with Gasteiger partial charge in [-0.2, -0.15) is 0 Å². The van der Waals surface area contributed by atoms with Crippen LogP contribution in [0.15, 0.2) is 72.9 Å². The number of carbonyl (C=O) groups excluding carboxylic acids is 1. The number of rotatable bonds is 5. The highest BCUT2D eigenvalue weighted by molar-refractivity contribution is 6.14. The van der Waals surface area contributed by atoms with E-state index in [0.717, 1.165) is 40.3 Å². The minimum Gasteiger partial charge on any atom is -0.398 e. The monoisotopic (exact) mass is 433 g/mol. The van der Waals surface area contributed by atoms with Crippen LogP contribution in [-0.4, -0.2) is 25.4 Å². The zero-order valence-electron chi connectivity index (χ0n) is 18.2. The van der Waals surface area contributed by atoms with E-state index >= 15 is 0 Å². The van der Waals surface area contributed by atoms with Crippen LogP contribution in [0.2, 0.25) is 0 Å². The Morgan fingerprint density at radius 3 is 2.67 bits per heavy atom. The van der Waals surface area contributed by atoms with Gasteiger partial charge in [-0.05, 0) is 66.8 Å². The molecule has 33 heavy (non-hydrogen) atoms. The van der Waals surface area contributed by atoms with Crippen LogP contribution in [0.3, 0.4) is 0 Å². The van der Waals surface area contributed by atoms with Crippen LogP contribution in [-0.2, 0) is 12.8 Å². The number of hydrogen-bond acceptors (Lipinski definition) is 3. The van der Waals surface area contributed by atoms with Crippen molar-refractivity contribution in [2.75, 3.05) is 5.73 Å². The lowest BCUT2D eigenvalue weighted by Gasteiger charge is -2.02. The number of aromatic nitrogens is 4. The maximum Gasteiger partial charge on any atom is 0.214 e. The highest BCUT2D eigenvalue weighted by Gasteiger charge is 2.20. The zero-order chi connectivity index (χ0) is 22.5. The molecule has 0 bridgehead atoms. The van der Waals surface area contributed by atoms with Crippen LogP contribution in [0.25, 0.3) is 27.6 Å². The SMILES string of the molecule is Cc1cc2cc(C(=O)c3c[nH]n4c3nc3cc(CCc5ccccc5)ccc34)[nH]c2cc1N. The predicted molar refractivity (Wildman–Crippen MR) is 132 cm³/mol. The Labute approximate surface area is 190 Å². The Balaban J connectivity index is 1.34. The molecular weight excluding hydrogens is 410 g/mol. The molecular formula is C27H23N5O. The molecule has 0 saturated heterocycles. The summed E-state index contributed by atoms with van der Waals surface area (Å²) in [5, 5.41) is 4.16. The molecule has 0 atom stereocenters. The summed E-state index contributed by atoms with van der Waals surface area (Å²) in [6.07, 6.45) is 3.64. The molecule has 0 amide bonds. The molecule has 3 aromatic heterocycles. The van der Waals surface area contributed by atoms with E-state index in [9.17, 15) is 4.79 Å². The van der Waals surface area contributed by atoms with Crippen LogP contribution < -0.4 is 5.73 Å². The zero-order valence-corrected chi connectivity index (χ0v) is 18.2. The van der Waals surface area contributed by atoms with Gasteiger partial charge in [0.15, 0.2) is 5.65 Å². The van der Waals surface area contributed by atoms with Crippen LogP contribution >= 0.6 is 0 Å². The topological polar surface area (TPSA) is 92.0 Å². The van der Waals surface area contributed by atoms with E-state index in [2.05, 4.69) is 52.5 Å². The predicted octanol–water partition coefficient (Wildman–Crippen LogP) is 5.20. The lowest BCUT2D eigenvalue weighted by molar-refractivity contribution is 0.103. The van der Waals surface area contributed by atoms with E-state index in [4.69, 9.17) is 10.7 Å². The molecule has 0 aliphatic carbocycles. The van der Waals surface area contributed by atoms with Crippen molar-refractivity contribution >= 4 is 39.1 Å². The number of aromatic amines is 2. The number of imidazole rings is 1. The van der Waals surface area contributed by atoms with Crippen LogP contribution in [0, 0.1) is 6.92 Å². The lowest BCUT2D eigenvalue weighted by atomic mass is 10.0. The fourth-order valence-corrected chi connectivity index (χ4v) is 4.47. The number of nitrogens with two attached hydrogens (primary N) is 1. The maximum atomic E-state index is 13.3. The van der Waals surface area contributed by atoms with Crippen molar-refractivity contribution in [2.45, 2.75) is 19.8 Å². The second-order valence-corrected chi connectivity index (χ2v) is 8.57. The van der Waals surface area contributed by atoms with Gasteiger partial charge < -0.3 is 10.7 Å². The van der Waals surface area contributed by atoms with E-state index in [1.54, 1.807) is 6.20 Å². The Kier molecular flexibility index (Phi) is 4.33. The first-order chi connectivity index (χ1) is 16.1. The molecule has 0 aliphatic heterocycles. The molecule has 6 heteroatoms. The van der Waals surface area contributed by atoms with Gasteiger partial charge in [0, 0.05) is 22.8 Å². The normalized spacial score (nSPS) is 11.7. The molecule has 162 valence electrons. The van der Waals surface area contributed by atoms with Crippen molar-refractivity contribution in [3.05, 3.63) is 101 Å². The Morgan fingerprint density at radius 1 is 1.00 bits per heavy atom. The average molecular weight is 434 g/mol. The van der Waals surface area contributed by atoms with Gasteiger partial charge in [-0.3, -0.25) is 9.89 Å². The average Bonchev–Trinajstić information content (AvgIpc) is 3.51. The third kappa shape index (κ3) is 3.27. The molecule has 6 rings (SSSR count). The molecule has 6 aromatic rings. The highest BCUT2D eigenvalue weighted by atomic mass is 16.1. The number of H-pyrrole nitrogens is 2. The highest BCUT2D eigenvalue weighted by Crippen LogP contribution is 2.26. The standard InChI is InChI=1S/C27H23N5O/c1-16-11-19-13-24(30-22(19)14-21(16)28)26(33)20-15-29-32-25-10-9-18(12-23(25)31-27(20)32)8-7-17-5-3-2-4-6-17/h2-6,9-15,29-30H,7-8,28H2,1H3. The fraction of sp³-hybridized carbons (Fsp3) is 0.111. The first-order valence-corrected chi connectivity index (χ1v) is 11.0. The molecule has 3 aromatic carbocycles. The van der Waals surface area contributed by atoms with Gasteiger partial charge >= 0.3 is 0 Å². The van der Waals surface area contributed by atoms with Gasteiger partial charge in [0.2, 0.25) is 5.78 Å². The van der Waals surface area contributed by atoms with Crippen LogP contribution in [0.4, 0.5) is 5.69 Å². The van der Waals surface area contributed by atoms with Gasteiger partial charge in [-0.1, -0.05) is 36.4 Å². The summed E-state index contributed by atoms with van der Waals surface area (Å²) in [6.45, 7) is 1.96. The van der Waals surface area contributed by atoms with Crippen molar-refractivity contribution in [1.29, 1.82) is 0 Å². The molecule has 0 spiro atoms. The van der Waals surface area contributed by atoms with E-state index in [-0.39, 0.29) is 5.78 Å². The summed E-state index contributed by atoms with van der Waals surface area (Å²) in [5.41, 5.74) is 14.6. The molecule has 0 radical (unpaired) electrons. The summed E-state index contributed by atoms with van der Waals surface area (Å²) < 4.78 is 1.87. The number of fused-ring (bicyclic) bond motifs is 4. The number of aryl methyl sites for hydroxylation is 3. The first kappa shape index (κ1) is 19.4. The number of benzene rings is 3. The number of nitrogens with one attached hydrogen (secondary N) is 2. The number of anilines is 1. The summed E-state index contributed by atoms with van der Waals surface area (Å²) in [7, 11) is 0. The Morgan fingerprint density at radius 2 is 1.82 bits per heavy atom. The largest absolute Gasteiger partial charge is 0.398 e. The van der Waals surface area contributed by atoms with Crippen molar-refractivity contribution in [1.82, 2.24) is 19.6 Å². The number of nitrogens with zero attached hydrogens (tertiary/aromatic N) is 2. The van der Waals surface area contributed by atoms with Gasteiger partial charge in [-0.25, -0.2) is 9.50 Å². The molecule has 6 nitrogen and oxygen atoms in total. The van der Waals surface area contributed by atoms with E-state index in [1.807, 2.05) is 35.7 Å². The third-order valence-electron chi connectivity index (χ3n) is 6.34. The number of ketones is 1. The van der Waals surface area contributed by atoms with E-state index in [1.165, 1.54) is 11.1 Å². The second-order valence-electron chi connectivity index (χ2n) is 8.57. The summed E-state index contributed by atoms with van der Waals surface area (Å²) in [6, 6.07) is 22.5. The van der Waals surface area contributed by atoms with Crippen molar-refractivity contribution in [3.8, 4) is 0 Å². The van der Waals surface area contributed by atoms with Crippen molar-refractivity contribution in [2.24, 2.45) is 0 Å². The molecule has 3 heterocycles. The van der Waals surface area contributed by atoms with Gasteiger partial charge in [0.25, 0.3) is 0 Å². The summed E-state index contributed by atoms with van der Waals surface area (Å²) in [5.74, 6) is -0.103.